The Morgan fingerprint density at radius 1 is 1.45 bits per heavy atom. The van der Waals surface area contributed by atoms with Crippen LogP contribution in [0.25, 0.3) is 10.9 Å². The lowest BCUT2D eigenvalue weighted by atomic mass is 9.93. The first-order chi connectivity index (χ1) is 9.69. The highest BCUT2D eigenvalue weighted by Gasteiger charge is 2.28. The van der Waals surface area contributed by atoms with Gasteiger partial charge in [-0.3, -0.25) is 4.68 Å². The van der Waals surface area contributed by atoms with Gasteiger partial charge in [0, 0.05) is 30.3 Å². The normalized spacial score (nSPS) is 24.4. The van der Waals surface area contributed by atoms with Gasteiger partial charge >= 0.3 is 0 Å². The van der Waals surface area contributed by atoms with E-state index in [4.69, 9.17) is 15.6 Å². The summed E-state index contributed by atoms with van der Waals surface area (Å²) in [6.07, 6.45) is 2.23. The molecule has 2 N–H and O–H groups in total. The summed E-state index contributed by atoms with van der Waals surface area (Å²) in [5.74, 6) is 0.454. The van der Waals surface area contributed by atoms with Gasteiger partial charge in [-0.15, -0.1) is 0 Å². The Hall–Kier alpha value is -1.39. The van der Waals surface area contributed by atoms with Crippen LogP contribution in [0.2, 0.25) is 0 Å². The highest BCUT2D eigenvalue weighted by atomic mass is 16.5. The minimum absolute atomic E-state index is 0.128. The molecule has 1 aliphatic rings. The van der Waals surface area contributed by atoms with Crippen LogP contribution in [0.5, 0.6) is 0 Å². The van der Waals surface area contributed by atoms with E-state index in [1.54, 1.807) is 0 Å². The molecule has 3 rings (SSSR count). The van der Waals surface area contributed by atoms with Crippen molar-refractivity contribution in [2.45, 2.75) is 45.4 Å². The molecular weight excluding hydrogens is 250 g/mol. The maximum Gasteiger partial charge on any atom is 0.0718 e. The fourth-order valence-electron chi connectivity index (χ4n) is 3.13. The first kappa shape index (κ1) is 13.6. The van der Waals surface area contributed by atoms with Crippen molar-refractivity contribution in [3.05, 3.63) is 30.0 Å². The van der Waals surface area contributed by atoms with Gasteiger partial charge in [-0.25, -0.2) is 0 Å². The van der Waals surface area contributed by atoms with Crippen LogP contribution < -0.4 is 5.73 Å². The van der Waals surface area contributed by atoms with Crippen molar-refractivity contribution in [3.63, 3.8) is 0 Å². The smallest absolute Gasteiger partial charge is 0.0718 e. The first-order valence-corrected chi connectivity index (χ1v) is 7.50. The third kappa shape index (κ3) is 2.45. The van der Waals surface area contributed by atoms with Crippen LogP contribution in [0.1, 0.15) is 26.0 Å². The fraction of sp³-hybridized carbons (Fsp3) is 0.562. The fourth-order valence-corrected chi connectivity index (χ4v) is 3.13. The summed E-state index contributed by atoms with van der Waals surface area (Å²) in [5, 5.41) is 5.97. The summed E-state index contributed by atoms with van der Waals surface area (Å²) in [4.78, 5) is 0. The lowest BCUT2D eigenvalue weighted by Gasteiger charge is -2.16. The molecule has 1 aliphatic heterocycles. The number of nitrogens with zero attached hydrogens (tertiary/aromatic N) is 2. The van der Waals surface area contributed by atoms with E-state index in [9.17, 15) is 0 Å². The average molecular weight is 273 g/mol. The van der Waals surface area contributed by atoms with E-state index >= 15 is 0 Å². The van der Waals surface area contributed by atoms with Crippen molar-refractivity contribution in [1.29, 1.82) is 0 Å². The summed E-state index contributed by atoms with van der Waals surface area (Å²) in [6, 6.07) is 8.53. The number of aromatic nitrogens is 2. The van der Waals surface area contributed by atoms with Gasteiger partial charge in [-0.2, -0.15) is 5.10 Å². The number of aryl methyl sites for hydroxylation is 1. The van der Waals surface area contributed by atoms with Crippen molar-refractivity contribution in [2.75, 3.05) is 6.61 Å². The van der Waals surface area contributed by atoms with Gasteiger partial charge in [-0.05, 0) is 26.3 Å². The minimum atomic E-state index is 0.128. The molecule has 0 saturated carbocycles. The van der Waals surface area contributed by atoms with Crippen LogP contribution in [0, 0.1) is 5.92 Å². The number of hydrogen-bond acceptors (Lipinski definition) is 3. The Labute approximate surface area is 119 Å². The van der Waals surface area contributed by atoms with Crippen LogP contribution in [0.4, 0.5) is 0 Å². The van der Waals surface area contributed by atoms with Gasteiger partial charge < -0.3 is 10.5 Å². The van der Waals surface area contributed by atoms with Crippen molar-refractivity contribution in [3.8, 4) is 0 Å². The van der Waals surface area contributed by atoms with Gasteiger partial charge in [0.1, 0.15) is 0 Å². The molecule has 108 valence electrons. The quantitative estimate of drug-likeness (QED) is 0.930. The molecule has 0 spiro atoms. The third-order valence-corrected chi connectivity index (χ3v) is 4.30. The first-order valence-electron chi connectivity index (χ1n) is 7.50. The lowest BCUT2D eigenvalue weighted by molar-refractivity contribution is 0.118. The van der Waals surface area contributed by atoms with Gasteiger partial charge in [-0.1, -0.05) is 18.2 Å². The van der Waals surface area contributed by atoms with Crippen LogP contribution in [-0.4, -0.2) is 28.5 Å². The number of hydrogen-bond donors (Lipinski definition) is 1. The zero-order valence-corrected chi connectivity index (χ0v) is 12.2. The number of rotatable bonds is 4. The lowest BCUT2D eigenvalue weighted by Crippen LogP contribution is -2.33. The van der Waals surface area contributed by atoms with E-state index in [0.717, 1.165) is 31.7 Å². The second kappa shape index (κ2) is 5.54. The molecule has 0 bridgehead atoms. The number of benzene rings is 1. The Morgan fingerprint density at radius 3 is 2.95 bits per heavy atom. The molecule has 1 aromatic carbocycles. The van der Waals surface area contributed by atoms with Gasteiger partial charge in [0.05, 0.1) is 23.9 Å². The average Bonchev–Trinajstić information content (AvgIpc) is 3.03. The van der Waals surface area contributed by atoms with Crippen molar-refractivity contribution in [1.82, 2.24) is 9.78 Å². The van der Waals surface area contributed by atoms with Crippen molar-refractivity contribution >= 4 is 10.9 Å². The van der Waals surface area contributed by atoms with Gasteiger partial charge in [0.15, 0.2) is 0 Å². The molecule has 3 unspecified atom stereocenters. The molecule has 0 amide bonds. The predicted molar refractivity (Wildman–Crippen MR) is 80.6 cm³/mol. The van der Waals surface area contributed by atoms with Gasteiger partial charge in [0.25, 0.3) is 0 Å². The second-order valence-electron chi connectivity index (χ2n) is 5.79. The molecule has 1 aromatic heterocycles. The summed E-state index contributed by atoms with van der Waals surface area (Å²) in [5.41, 5.74) is 8.71. The highest BCUT2D eigenvalue weighted by molar-refractivity contribution is 5.82. The summed E-state index contributed by atoms with van der Waals surface area (Å²) in [7, 11) is 0. The molecule has 1 fully saturated rings. The Bertz CT molecular complexity index is 592. The summed E-state index contributed by atoms with van der Waals surface area (Å²) in [6.45, 7) is 5.91. The molecule has 0 aliphatic carbocycles. The molecule has 0 radical (unpaired) electrons. The zero-order valence-electron chi connectivity index (χ0n) is 12.2. The molecule has 2 aromatic rings. The molecule has 4 nitrogen and oxygen atoms in total. The minimum Gasteiger partial charge on any atom is -0.378 e. The van der Waals surface area contributed by atoms with E-state index in [1.807, 2.05) is 0 Å². The Morgan fingerprint density at radius 2 is 2.25 bits per heavy atom. The second-order valence-corrected chi connectivity index (χ2v) is 5.79. The monoisotopic (exact) mass is 273 g/mol. The molecule has 20 heavy (non-hydrogen) atoms. The van der Waals surface area contributed by atoms with Crippen LogP contribution in [0.15, 0.2) is 24.3 Å². The van der Waals surface area contributed by atoms with E-state index < -0.39 is 0 Å². The number of fused-ring (bicyclic) bond motifs is 1. The number of ether oxygens (including phenoxy) is 1. The summed E-state index contributed by atoms with van der Waals surface area (Å²) < 4.78 is 7.69. The predicted octanol–water partition coefficient (Wildman–Crippen LogP) is 2.35. The Kier molecular flexibility index (Phi) is 3.76. The topological polar surface area (TPSA) is 53.1 Å². The van der Waals surface area contributed by atoms with E-state index in [2.05, 4.69) is 42.8 Å². The van der Waals surface area contributed by atoms with Crippen LogP contribution in [-0.2, 0) is 17.7 Å². The summed E-state index contributed by atoms with van der Waals surface area (Å²) >= 11 is 0. The highest BCUT2D eigenvalue weighted by Crippen LogP contribution is 2.25. The zero-order chi connectivity index (χ0) is 14.1. The van der Waals surface area contributed by atoms with Crippen LogP contribution >= 0.6 is 0 Å². The van der Waals surface area contributed by atoms with E-state index in [0.29, 0.717) is 12.0 Å². The van der Waals surface area contributed by atoms with E-state index in [1.165, 1.54) is 10.9 Å². The number of nitrogens with two attached hydrogens (primary N) is 1. The number of para-hydroxylation sites is 1. The maximum atomic E-state index is 6.39. The SMILES string of the molecule is CCn1nc(CC(N)C2COC(C)C2)c2ccccc21. The molecule has 3 atom stereocenters. The van der Waals surface area contributed by atoms with Gasteiger partial charge in [0.2, 0.25) is 0 Å². The third-order valence-electron chi connectivity index (χ3n) is 4.30. The molecular formula is C16H23N3O. The Balaban J connectivity index is 1.83. The molecule has 1 saturated heterocycles. The standard InChI is InChI=1S/C16H23N3O/c1-3-19-16-7-5-4-6-13(16)15(18-19)9-14(17)12-8-11(2)20-10-12/h4-7,11-12,14H,3,8-10,17H2,1-2H3. The van der Waals surface area contributed by atoms with Crippen molar-refractivity contribution in [2.24, 2.45) is 11.7 Å². The van der Waals surface area contributed by atoms with Crippen LogP contribution in [0.3, 0.4) is 0 Å². The van der Waals surface area contributed by atoms with Crippen molar-refractivity contribution < 1.29 is 4.74 Å². The maximum absolute atomic E-state index is 6.39. The molecule has 2 heterocycles. The largest absolute Gasteiger partial charge is 0.378 e. The van der Waals surface area contributed by atoms with E-state index in [-0.39, 0.29) is 6.04 Å². The molecule has 4 heteroatoms.